The second-order valence-electron chi connectivity index (χ2n) is 6.67. The van der Waals surface area contributed by atoms with Gasteiger partial charge in [0.15, 0.2) is 0 Å². The number of nitrogens with one attached hydrogen (secondary N) is 1. The number of H-pyrrole nitrogens is 1. The highest BCUT2D eigenvalue weighted by Crippen LogP contribution is 2.41. The molecule has 30 heavy (non-hydrogen) atoms. The van der Waals surface area contributed by atoms with Gasteiger partial charge in [-0.25, -0.2) is 0 Å². The fraction of sp³-hybridized carbons (Fsp3) is 0.143. The number of pyridine rings is 1. The highest BCUT2D eigenvalue weighted by atomic mass is 79.9. The number of carbonyl (C=O) groups is 1. The Morgan fingerprint density at radius 2 is 1.80 bits per heavy atom. The smallest absolute Gasteiger partial charge is 0.320 e. The van der Waals surface area contributed by atoms with Gasteiger partial charge in [0, 0.05) is 37.4 Å². The fourth-order valence-electron chi connectivity index (χ4n) is 2.83. The van der Waals surface area contributed by atoms with E-state index in [9.17, 15) is 14.7 Å². The number of aliphatic carboxylic acids is 1. The van der Waals surface area contributed by atoms with E-state index in [4.69, 9.17) is 10.8 Å². The molecule has 3 aromatic rings. The first-order valence-corrected chi connectivity index (χ1v) is 11.3. The SMILES string of the molecule is N[C@@H](Cc1cc(Br)c(Sc2ccc(O)c(Cc3ccc(=O)[nH]c3)c2)c(Br)c1)C(=O)O. The number of carboxylic acids is 1. The van der Waals surface area contributed by atoms with Crippen LogP contribution >= 0.6 is 43.6 Å². The number of aromatic amines is 1. The highest BCUT2D eigenvalue weighted by Gasteiger charge is 2.16. The van der Waals surface area contributed by atoms with Crippen molar-refractivity contribution in [2.75, 3.05) is 0 Å². The maximum Gasteiger partial charge on any atom is 0.320 e. The second kappa shape index (κ2) is 9.82. The van der Waals surface area contributed by atoms with Crippen molar-refractivity contribution in [3.05, 3.63) is 84.7 Å². The second-order valence-corrected chi connectivity index (χ2v) is 9.46. The number of phenols is 1. The molecule has 1 atom stereocenters. The van der Waals surface area contributed by atoms with Gasteiger partial charge in [-0.2, -0.15) is 0 Å². The van der Waals surface area contributed by atoms with Crippen LogP contribution in [0.15, 0.2) is 72.2 Å². The molecule has 0 fully saturated rings. The lowest BCUT2D eigenvalue weighted by atomic mass is 10.1. The molecule has 2 aromatic carbocycles. The number of aromatic nitrogens is 1. The zero-order valence-corrected chi connectivity index (χ0v) is 19.6. The van der Waals surface area contributed by atoms with Crippen molar-refractivity contribution < 1.29 is 15.0 Å². The van der Waals surface area contributed by atoms with Crippen molar-refractivity contribution in [2.45, 2.75) is 28.7 Å². The third kappa shape index (κ3) is 5.75. The molecule has 156 valence electrons. The predicted molar refractivity (Wildman–Crippen MR) is 123 cm³/mol. The third-order valence-corrected chi connectivity index (χ3v) is 7.25. The monoisotopic (exact) mass is 552 g/mol. The Kier molecular flexibility index (Phi) is 7.41. The lowest BCUT2D eigenvalue weighted by Gasteiger charge is -2.13. The molecule has 0 aliphatic rings. The Labute approximate surface area is 193 Å². The summed E-state index contributed by atoms with van der Waals surface area (Å²) < 4.78 is 1.62. The van der Waals surface area contributed by atoms with Gasteiger partial charge in [-0.05, 0) is 85.3 Å². The molecule has 9 heteroatoms. The van der Waals surface area contributed by atoms with Crippen molar-refractivity contribution in [2.24, 2.45) is 5.73 Å². The molecule has 0 bridgehead atoms. The first-order valence-electron chi connectivity index (χ1n) is 8.86. The van der Waals surface area contributed by atoms with Crippen molar-refractivity contribution >= 4 is 49.6 Å². The van der Waals surface area contributed by atoms with E-state index < -0.39 is 12.0 Å². The van der Waals surface area contributed by atoms with E-state index in [1.165, 1.54) is 17.8 Å². The lowest BCUT2D eigenvalue weighted by Crippen LogP contribution is -2.32. The Bertz CT molecular complexity index is 1110. The molecule has 1 aromatic heterocycles. The number of nitrogens with two attached hydrogens (primary N) is 1. The molecule has 0 saturated heterocycles. The minimum atomic E-state index is -1.04. The van der Waals surface area contributed by atoms with Gasteiger partial charge in [0.2, 0.25) is 5.56 Å². The average Bonchev–Trinajstić information content (AvgIpc) is 2.68. The van der Waals surface area contributed by atoms with E-state index in [2.05, 4.69) is 36.8 Å². The summed E-state index contributed by atoms with van der Waals surface area (Å²) in [6.07, 6.45) is 2.33. The van der Waals surface area contributed by atoms with E-state index >= 15 is 0 Å². The van der Waals surface area contributed by atoms with Crippen LogP contribution in [0, 0.1) is 0 Å². The summed E-state index contributed by atoms with van der Waals surface area (Å²) in [5, 5.41) is 19.2. The standard InChI is InChI=1S/C21H18Br2N2O4S/c22-15-6-12(8-17(24)21(28)29)7-16(23)20(15)30-14-2-3-18(26)13(9-14)5-11-1-4-19(27)25-10-11/h1-4,6-7,9-10,17,26H,5,8,24H2,(H,25,27)(H,28,29)/t17-/m0/s1. The number of hydrogen-bond acceptors (Lipinski definition) is 5. The van der Waals surface area contributed by atoms with Crippen LogP contribution in [0.4, 0.5) is 0 Å². The van der Waals surface area contributed by atoms with Crippen LogP contribution in [0.3, 0.4) is 0 Å². The van der Waals surface area contributed by atoms with E-state index in [0.29, 0.717) is 6.42 Å². The molecule has 0 radical (unpaired) electrons. The molecular weight excluding hydrogens is 536 g/mol. The number of hydrogen-bond donors (Lipinski definition) is 4. The summed E-state index contributed by atoms with van der Waals surface area (Å²) in [4.78, 5) is 26.7. The van der Waals surface area contributed by atoms with Gasteiger partial charge >= 0.3 is 5.97 Å². The minimum Gasteiger partial charge on any atom is -0.508 e. The van der Waals surface area contributed by atoms with Crippen LogP contribution in [0.2, 0.25) is 0 Å². The van der Waals surface area contributed by atoms with Gasteiger partial charge in [-0.1, -0.05) is 17.8 Å². The van der Waals surface area contributed by atoms with Crippen molar-refractivity contribution in [3.8, 4) is 5.75 Å². The molecular formula is C21H18Br2N2O4S. The maximum absolute atomic E-state index is 11.2. The predicted octanol–water partition coefficient (Wildman–Crippen LogP) is 4.30. The summed E-state index contributed by atoms with van der Waals surface area (Å²) in [7, 11) is 0. The van der Waals surface area contributed by atoms with E-state index in [1.807, 2.05) is 24.3 Å². The molecule has 5 N–H and O–H groups in total. The number of halogens is 2. The van der Waals surface area contributed by atoms with E-state index in [0.717, 1.165) is 35.4 Å². The number of rotatable bonds is 7. The third-order valence-electron chi connectivity index (χ3n) is 4.34. The molecule has 0 spiro atoms. The Morgan fingerprint density at radius 3 is 2.40 bits per heavy atom. The van der Waals surface area contributed by atoms with Crippen LogP contribution in [-0.2, 0) is 17.6 Å². The molecule has 0 aliphatic carbocycles. The van der Waals surface area contributed by atoms with Crippen LogP contribution in [-0.4, -0.2) is 27.2 Å². The highest BCUT2D eigenvalue weighted by molar-refractivity contribution is 9.11. The molecule has 0 saturated carbocycles. The van der Waals surface area contributed by atoms with Crippen LogP contribution < -0.4 is 11.3 Å². The van der Waals surface area contributed by atoms with Gasteiger partial charge < -0.3 is 20.9 Å². The zero-order chi connectivity index (χ0) is 21.8. The first-order chi connectivity index (χ1) is 14.2. The normalized spacial score (nSPS) is 12.0. The molecule has 3 rings (SSSR count). The summed E-state index contributed by atoms with van der Waals surface area (Å²) in [6, 6.07) is 11.3. The Balaban J connectivity index is 1.83. The van der Waals surface area contributed by atoms with Crippen LogP contribution in [0.1, 0.15) is 16.7 Å². The summed E-state index contributed by atoms with van der Waals surface area (Å²) in [5.41, 5.74) is 7.89. The van der Waals surface area contributed by atoms with E-state index in [-0.39, 0.29) is 17.7 Å². The maximum atomic E-state index is 11.2. The zero-order valence-electron chi connectivity index (χ0n) is 15.6. The lowest BCUT2D eigenvalue weighted by molar-refractivity contribution is -0.138. The van der Waals surface area contributed by atoms with Crippen molar-refractivity contribution in [1.82, 2.24) is 4.98 Å². The summed E-state index contributed by atoms with van der Waals surface area (Å²) >= 11 is 8.61. The summed E-state index contributed by atoms with van der Waals surface area (Å²) in [5.74, 6) is -0.860. The molecule has 0 amide bonds. The average molecular weight is 554 g/mol. The van der Waals surface area contributed by atoms with Gasteiger partial charge in [-0.15, -0.1) is 0 Å². The quantitative estimate of drug-likeness (QED) is 0.346. The topological polar surface area (TPSA) is 116 Å². The van der Waals surface area contributed by atoms with Crippen LogP contribution in [0.5, 0.6) is 5.75 Å². The van der Waals surface area contributed by atoms with Gasteiger partial charge in [-0.3, -0.25) is 9.59 Å². The minimum absolute atomic E-state index is 0.172. The number of benzene rings is 2. The van der Waals surface area contributed by atoms with Crippen molar-refractivity contribution in [1.29, 1.82) is 0 Å². The van der Waals surface area contributed by atoms with Gasteiger partial charge in [0.1, 0.15) is 11.8 Å². The number of aromatic hydroxyl groups is 1. The Hall–Kier alpha value is -2.07. The number of carboxylic acid groups (broad SMARTS) is 1. The summed E-state index contributed by atoms with van der Waals surface area (Å²) in [6.45, 7) is 0. The van der Waals surface area contributed by atoms with Crippen LogP contribution in [0.25, 0.3) is 0 Å². The Morgan fingerprint density at radius 1 is 1.10 bits per heavy atom. The van der Waals surface area contributed by atoms with Crippen molar-refractivity contribution in [3.63, 3.8) is 0 Å². The fourth-order valence-corrected chi connectivity index (χ4v) is 5.48. The van der Waals surface area contributed by atoms with Gasteiger partial charge in [0.05, 0.1) is 0 Å². The molecule has 0 unspecified atom stereocenters. The van der Waals surface area contributed by atoms with E-state index in [1.54, 1.807) is 18.3 Å². The first kappa shape index (κ1) is 22.6. The largest absolute Gasteiger partial charge is 0.508 e. The number of phenolic OH excluding ortho intramolecular Hbond substituents is 1. The molecule has 0 aliphatic heterocycles. The van der Waals surface area contributed by atoms with Gasteiger partial charge in [0.25, 0.3) is 0 Å². The molecule has 6 nitrogen and oxygen atoms in total. The molecule has 1 heterocycles.